The lowest BCUT2D eigenvalue weighted by molar-refractivity contribution is -0.137. The van der Waals surface area contributed by atoms with E-state index in [1.54, 1.807) is 18.2 Å². The fraction of sp³-hybridized carbons (Fsp3) is 0.364. The topological polar surface area (TPSA) is 82.3 Å². The molecule has 0 bridgehead atoms. The molecule has 4 N–H and O–H groups in total. The Bertz CT molecular complexity index is 1040. The number of hydrogen-bond acceptors (Lipinski definition) is 4. The van der Waals surface area contributed by atoms with Crippen molar-refractivity contribution in [2.24, 2.45) is 0 Å². The van der Waals surface area contributed by atoms with Gasteiger partial charge in [0, 0.05) is 29.6 Å². The summed E-state index contributed by atoms with van der Waals surface area (Å²) in [6, 6.07) is 8.08. The van der Waals surface area contributed by atoms with Crippen molar-refractivity contribution >= 4 is 28.9 Å². The molecular formula is C22H23F3N4O2. The van der Waals surface area contributed by atoms with Gasteiger partial charge < -0.3 is 21.3 Å². The molecule has 31 heavy (non-hydrogen) atoms. The molecule has 0 aromatic heterocycles. The number of carbonyl (C=O) groups is 2. The van der Waals surface area contributed by atoms with Crippen molar-refractivity contribution in [3.63, 3.8) is 0 Å². The average Bonchev–Trinajstić information content (AvgIpc) is 3.27. The molecule has 2 aliphatic heterocycles. The van der Waals surface area contributed by atoms with Gasteiger partial charge in [0.1, 0.15) is 0 Å². The number of nitrogens with one attached hydrogen (secondary N) is 4. The Morgan fingerprint density at radius 3 is 2.61 bits per heavy atom. The minimum Gasteiger partial charge on any atom is -0.380 e. The van der Waals surface area contributed by atoms with Crippen molar-refractivity contribution in [3.05, 3.63) is 53.1 Å². The number of amides is 2. The number of rotatable bonds is 4. The molecule has 0 spiro atoms. The van der Waals surface area contributed by atoms with E-state index in [1.807, 2.05) is 13.8 Å². The third-order valence-electron chi connectivity index (χ3n) is 5.78. The lowest BCUT2D eigenvalue weighted by atomic mass is 9.86. The summed E-state index contributed by atoms with van der Waals surface area (Å²) in [5, 5.41) is 11.7. The van der Waals surface area contributed by atoms with Crippen molar-refractivity contribution in [2.75, 3.05) is 29.0 Å². The molecule has 2 aliphatic rings. The number of anilines is 3. The maximum absolute atomic E-state index is 13.2. The van der Waals surface area contributed by atoms with E-state index in [2.05, 4.69) is 21.3 Å². The summed E-state index contributed by atoms with van der Waals surface area (Å²) in [6.07, 6.45) is -3.76. The standard InChI is InChI=1S/C22H23F3N4O2/c1-21(2)16-6-4-13(10-18(16)29-20(21)31)28-19(30)15-5-3-12(22(23,24)25)9-17(15)27-14-7-8-26-11-14/h3-6,9-10,14,26-27H,7-8,11H2,1-2H3,(H,28,30)(H,29,31)/t14-/m0/s1. The predicted octanol–water partition coefficient (Wildman–Crippen LogP) is 3.96. The zero-order valence-electron chi connectivity index (χ0n) is 17.1. The van der Waals surface area contributed by atoms with Crippen LogP contribution in [0.15, 0.2) is 36.4 Å². The monoisotopic (exact) mass is 432 g/mol. The van der Waals surface area contributed by atoms with Crippen LogP contribution in [-0.4, -0.2) is 30.9 Å². The summed E-state index contributed by atoms with van der Waals surface area (Å²) in [5.41, 5.74) is 0.630. The lowest BCUT2D eigenvalue weighted by Gasteiger charge is -2.19. The number of hydrogen-bond donors (Lipinski definition) is 4. The first kappa shape index (κ1) is 21.2. The molecule has 6 nitrogen and oxygen atoms in total. The van der Waals surface area contributed by atoms with Crippen LogP contribution in [0.5, 0.6) is 0 Å². The number of halogens is 3. The quantitative estimate of drug-likeness (QED) is 0.590. The molecule has 1 atom stereocenters. The predicted molar refractivity (Wildman–Crippen MR) is 112 cm³/mol. The minimum absolute atomic E-state index is 0.0625. The van der Waals surface area contributed by atoms with Crippen LogP contribution in [0.4, 0.5) is 30.2 Å². The van der Waals surface area contributed by atoms with Crippen LogP contribution in [0, 0.1) is 0 Å². The molecule has 1 fully saturated rings. The Balaban J connectivity index is 1.61. The first-order valence-corrected chi connectivity index (χ1v) is 10.0. The molecule has 2 aromatic carbocycles. The second kappa shape index (κ2) is 7.56. The van der Waals surface area contributed by atoms with Gasteiger partial charge in [0.15, 0.2) is 0 Å². The fourth-order valence-electron chi connectivity index (χ4n) is 3.91. The van der Waals surface area contributed by atoms with Crippen molar-refractivity contribution in [1.29, 1.82) is 0 Å². The van der Waals surface area contributed by atoms with Crippen LogP contribution in [0.25, 0.3) is 0 Å². The number of fused-ring (bicyclic) bond motifs is 1. The van der Waals surface area contributed by atoms with E-state index in [0.717, 1.165) is 30.7 Å². The molecule has 9 heteroatoms. The van der Waals surface area contributed by atoms with Crippen molar-refractivity contribution in [3.8, 4) is 0 Å². The molecule has 4 rings (SSSR count). The smallest absolute Gasteiger partial charge is 0.380 e. The SMILES string of the molecule is CC1(C)C(=O)Nc2cc(NC(=O)c3ccc(C(F)(F)F)cc3N[C@H]3CCNC3)ccc21. The Labute approximate surface area is 177 Å². The van der Waals surface area contributed by atoms with Gasteiger partial charge in [-0.3, -0.25) is 9.59 Å². The van der Waals surface area contributed by atoms with E-state index < -0.39 is 23.1 Å². The van der Waals surface area contributed by atoms with Gasteiger partial charge in [-0.2, -0.15) is 13.2 Å². The third kappa shape index (κ3) is 4.10. The summed E-state index contributed by atoms with van der Waals surface area (Å²) in [5.74, 6) is -0.670. The Morgan fingerprint density at radius 1 is 1.16 bits per heavy atom. The second-order valence-electron chi connectivity index (χ2n) is 8.39. The van der Waals surface area contributed by atoms with Gasteiger partial charge in [-0.15, -0.1) is 0 Å². The molecule has 2 amide bonds. The lowest BCUT2D eigenvalue weighted by Crippen LogP contribution is -2.26. The maximum atomic E-state index is 13.2. The van der Waals surface area contributed by atoms with Crippen LogP contribution in [0.1, 0.15) is 41.8 Å². The molecule has 0 unspecified atom stereocenters. The van der Waals surface area contributed by atoms with Gasteiger partial charge in [-0.25, -0.2) is 0 Å². The molecule has 0 saturated carbocycles. The van der Waals surface area contributed by atoms with E-state index in [-0.39, 0.29) is 23.2 Å². The largest absolute Gasteiger partial charge is 0.416 e. The Morgan fingerprint density at radius 2 is 1.94 bits per heavy atom. The summed E-state index contributed by atoms with van der Waals surface area (Å²) >= 11 is 0. The maximum Gasteiger partial charge on any atom is 0.416 e. The van der Waals surface area contributed by atoms with E-state index in [4.69, 9.17) is 0 Å². The van der Waals surface area contributed by atoms with Gasteiger partial charge in [0.25, 0.3) is 5.91 Å². The molecule has 0 aliphatic carbocycles. The summed E-state index contributed by atoms with van der Waals surface area (Å²) < 4.78 is 39.6. The van der Waals surface area contributed by atoms with Gasteiger partial charge >= 0.3 is 6.18 Å². The molecule has 0 radical (unpaired) electrons. The number of carbonyl (C=O) groups excluding carboxylic acids is 2. The zero-order chi connectivity index (χ0) is 22.4. The van der Waals surface area contributed by atoms with E-state index in [0.29, 0.717) is 17.9 Å². The first-order chi connectivity index (χ1) is 14.6. The van der Waals surface area contributed by atoms with Crippen LogP contribution in [0.2, 0.25) is 0 Å². The molecule has 2 aromatic rings. The van der Waals surface area contributed by atoms with Crippen molar-refractivity contribution in [2.45, 2.75) is 37.9 Å². The first-order valence-electron chi connectivity index (χ1n) is 10.0. The normalized spacial score (nSPS) is 19.6. The van der Waals surface area contributed by atoms with E-state index in [1.165, 1.54) is 6.07 Å². The van der Waals surface area contributed by atoms with Crippen LogP contribution in [-0.2, 0) is 16.4 Å². The molecule has 164 valence electrons. The van der Waals surface area contributed by atoms with Crippen molar-refractivity contribution < 1.29 is 22.8 Å². The summed E-state index contributed by atoms with van der Waals surface area (Å²) in [7, 11) is 0. The molecular weight excluding hydrogens is 409 g/mol. The number of alkyl halides is 3. The van der Waals surface area contributed by atoms with E-state index >= 15 is 0 Å². The Kier molecular flexibility index (Phi) is 5.17. The second-order valence-corrected chi connectivity index (χ2v) is 8.39. The fourth-order valence-corrected chi connectivity index (χ4v) is 3.91. The van der Waals surface area contributed by atoms with Crippen LogP contribution >= 0.6 is 0 Å². The average molecular weight is 432 g/mol. The highest BCUT2D eigenvalue weighted by molar-refractivity contribution is 6.10. The van der Waals surface area contributed by atoms with Gasteiger partial charge in [0.05, 0.1) is 16.5 Å². The Hall–Kier alpha value is -3.07. The van der Waals surface area contributed by atoms with Gasteiger partial charge in [-0.1, -0.05) is 6.07 Å². The van der Waals surface area contributed by atoms with Gasteiger partial charge in [0.2, 0.25) is 5.91 Å². The van der Waals surface area contributed by atoms with Crippen molar-refractivity contribution in [1.82, 2.24) is 5.32 Å². The highest BCUT2D eigenvalue weighted by Crippen LogP contribution is 2.39. The highest BCUT2D eigenvalue weighted by atomic mass is 19.4. The summed E-state index contributed by atoms with van der Waals surface area (Å²) in [6.45, 7) is 4.99. The summed E-state index contributed by atoms with van der Waals surface area (Å²) in [4.78, 5) is 25.1. The minimum atomic E-state index is -4.51. The van der Waals surface area contributed by atoms with Crippen LogP contribution < -0.4 is 21.3 Å². The third-order valence-corrected chi connectivity index (χ3v) is 5.78. The number of benzene rings is 2. The highest BCUT2D eigenvalue weighted by Gasteiger charge is 2.38. The van der Waals surface area contributed by atoms with Gasteiger partial charge in [-0.05, 0) is 62.7 Å². The zero-order valence-corrected chi connectivity index (χ0v) is 17.1. The molecule has 2 heterocycles. The van der Waals surface area contributed by atoms with Crippen LogP contribution in [0.3, 0.4) is 0 Å². The molecule has 1 saturated heterocycles. The van der Waals surface area contributed by atoms with E-state index in [9.17, 15) is 22.8 Å².